The number of aliphatic hydroxyl groups is 1. The lowest BCUT2D eigenvalue weighted by Crippen LogP contribution is -2.29. The molecule has 16 heavy (non-hydrogen) atoms. The second-order valence-corrected chi connectivity index (χ2v) is 3.86. The van der Waals surface area contributed by atoms with Crippen molar-refractivity contribution in [3.05, 3.63) is 11.0 Å². The van der Waals surface area contributed by atoms with E-state index in [0.717, 1.165) is 13.0 Å². The Labute approximate surface area is 100 Å². The van der Waals surface area contributed by atoms with Gasteiger partial charge in [-0.25, -0.2) is 4.98 Å². The summed E-state index contributed by atoms with van der Waals surface area (Å²) in [6.07, 6.45) is 0.945. The zero-order valence-electron chi connectivity index (χ0n) is 9.57. The van der Waals surface area contributed by atoms with Crippen molar-refractivity contribution in [3.8, 4) is 0 Å². The van der Waals surface area contributed by atoms with Crippen molar-refractivity contribution in [2.45, 2.75) is 20.3 Å². The molecule has 0 radical (unpaired) electrons. The normalized spacial score (nSPS) is 10.5. The van der Waals surface area contributed by atoms with Gasteiger partial charge in [0, 0.05) is 13.1 Å². The number of rotatable bonds is 5. The number of aliphatic hydroxyl groups excluding tert-OH is 1. The van der Waals surface area contributed by atoms with Crippen LogP contribution in [-0.2, 0) is 0 Å². The van der Waals surface area contributed by atoms with E-state index < -0.39 is 0 Å². The van der Waals surface area contributed by atoms with E-state index >= 15 is 0 Å². The van der Waals surface area contributed by atoms with Crippen LogP contribution in [0.4, 0.5) is 11.5 Å². The summed E-state index contributed by atoms with van der Waals surface area (Å²) in [4.78, 5) is 10.0. The number of aryl methyl sites for hydroxylation is 1. The zero-order chi connectivity index (χ0) is 12.1. The smallest absolute Gasteiger partial charge is 0.224 e. The van der Waals surface area contributed by atoms with Gasteiger partial charge in [0.05, 0.1) is 18.0 Å². The molecule has 90 valence electrons. The van der Waals surface area contributed by atoms with Crippen LogP contribution < -0.4 is 10.6 Å². The molecule has 0 aromatic carbocycles. The molecule has 0 atom stereocenters. The number of nitrogens with zero attached hydrogens (tertiary/aromatic N) is 3. The van der Waals surface area contributed by atoms with E-state index in [-0.39, 0.29) is 11.9 Å². The molecule has 1 heterocycles. The van der Waals surface area contributed by atoms with Crippen LogP contribution in [0.2, 0.25) is 5.28 Å². The number of halogens is 1. The van der Waals surface area contributed by atoms with Crippen LogP contribution in [0.1, 0.15) is 19.0 Å². The summed E-state index contributed by atoms with van der Waals surface area (Å²) >= 11 is 5.80. The molecule has 3 N–H and O–H groups in total. The van der Waals surface area contributed by atoms with Gasteiger partial charge in [0.25, 0.3) is 0 Å². The average molecular weight is 245 g/mol. The fraction of sp³-hybridized carbons (Fsp3) is 0.600. The Morgan fingerprint density at radius 3 is 2.62 bits per heavy atom. The highest BCUT2D eigenvalue weighted by molar-refractivity contribution is 6.28. The number of hydrogen-bond acceptors (Lipinski definition) is 5. The van der Waals surface area contributed by atoms with Gasteiger partial charge >= 0.3 is 0 Å². The van der Waals surface area contributed by atoms with Gasteiger partial charge < -0.3 is 15.7 Å². The quantitative estimate of drug-likeness (QED) is 0.762. The van der Waals surface area contributed by atoms with Crippen LogP contribution in [0.15, 0.2) is 0 Å². The predicted molar refractivity (Wildman–Crippen MR) is 65.8 cm³/mol. The van der Waals surface area contributed by atoms with Crippen LogP contribution in [0, 0.1) is 6.92 Å². The van der Waals surface area contributed by atoms with Gasteiger partial charge in [0.15, 0.2) is 5.82 Å². The lowest BCUT2D eigenvalue weighted by Gasteiger charge is -2.24. The summed E-state index contributed by atoms with van der Waals surface area (Å²) in [6, 6.07) is 0. The standard InChI is InChI=1S/C10H17ClN4O/c1-3-4-15(5-6-16)9-8(12)7(2)13-10(11)14-9/h16H,3-6,12H2,1-2H3. The molecule has 0 aliphatic rings. The van der Waals surface area contributed by atoms with E-state index in [9.17, 15) is 0 Å². The van der Waals surface area contributed by atoms with Gasteiger partial charge in [0.2, 0.25) is 5.28 Å². The summed E-state index contributed by atoms with van der Waals surface area (Å²) in [7, 11) is 0. The maximum atomic E-state index is 9.00. The number of hydrogen-bond donors (Lipinski definition) is 2. The summed E-state index contributed by atoms with van der Waals surface area (Å²) in [6.45, 7) is 5.16. The van der Waals surface area contributed by atoms with Gasteiger partial charge in [-0.05, 0) is 24.9 Å². The largest absolute Gasteiger partial charge is 0.395 e. The first-order chi connectivity index (χ1) is 7.60. The molecule has 0 saturated heterocycles. The van der Waals surface area contributed by atoms with Crippen molar-refractivity contribution >= 4 is 23.1 Å². The third-order valence-electron chi connectivity index (χ3n) is 2.25. The SMILES string of the molecule is CCCN(CCO)c1nc(Cl)nc(C)c1N. The van der Waals surface area contributed by atoms with Crippen LogP contribution in [-0.4, -0.2) is 34.8 Å². The first kappa shape index (κ1) is 13.0. The van der Waals surface area contributed by atoms with Crippen LogP contribution in [0.25, 0.3) is 0 Å². The molecule has 0 saturated carbocycles. The number of anilines is 2. The number of aromatic nitrogens is 2. The molecule has 0 aliphatic carbocycles. The Morgan fingerprint density at radius 2 is 2.06 bits per heavy atom. The van der Waals surface area contributed by atoms with Crippen LogP contribution in [0.3, 0.4) is 0 Å². The molecule has 0 aliphatic heterocycles. The maximum absolute atomic E-state index is 9.00. The lowest BCUT2D eigenvalue weighted by atomic mass is 10.3. The Bertz CT molecular complexity index is 353. The molecular formula is C10H17ClN4O. The molecule has 0 spiro atoms. The lowest BCUT2D eigenvalue weighted by molar-refractivity contribution is 0.301. The van der Waals surface area contributed by atoms with Gasteiger partial charge in [-0.2, -0.15) is 4.98 Å². The molecule has 0 fully saturated rings. The fourth-order valence-corrected chi connectivity index (χ4v) is 1.70. The third kappa shape index (κ3) is 2.96. The molecule has 5 nitrogen and oxygen atoms in total. The van der Waals surface area contributed by atoms with Crippen molar-refractivity contribution in [1.82, 2.24) is 9.97 Å². The molecule has 0 bridgehead atoms. The summed E-state index contributed by atoms with van der Waals surface area (Å²) in [5.41, 5.74) is 7.09. The minimum absolute atomic E-state index is 0.0557. The van der Waals surface area contributed by atoms with Crippen LogP contribution >= 0.6 is 11.6 Å². The fourth-order valence-electron chi connectivity index (χ4n) is 1.49. The van der Waals surface area contributed by atoms with E-state index in [1.807, 2.05) is 4.90 Å². The summed E-state index contributed by atoms with van der Waals surface area (Å²) in [5.74, 6) is 0.605. The first-order valence-corrected chi connectivity index (χ1v) is 5.63. The Morgan fingerprint density at radius 1 is 1.38 bits per heavy atom. The van der Waals surface area contributed by atoms with Crippen molar-refractivity contribution in [2.24, 2.45) is 0 Å². The van der Waals surface area contributed by atoms with E-state index in [4.69, 9.17) is 22.4 Å². The molecule has 1 rings (SSSR count). The van der Waals surface area contributed by atoms with Crippen LogP contribution in [0.5, 0.6) is 0 Å². The Hall–Kier alpha value is -1.07. The minimum atomic E-state index is 0.0557. The molecule has 6 heteroatoms. The van der Waals surface area contributed by atoms with Crippen molar-refractivity contribution in [2.75, 3.05) is 30.3 Å². The van der Waals surface area contributed by atoms with E-state index in [1.165, 1.54) is 0 Å². The summed E-state index contributed by atoms with van der Waals surface area (Å²) in [5, 5.41) is 9.18. The zero-order valence-corrected chi connectivity index (χ0v) is 10.3. The second-order valence-electron chi connectivity index (χ2n) is 3.53. The first-order valence-electron chi connectivity index (χ1n) is 5.25. The minimum Gasteiger partial charge on any atom is -0.395 e. The molecule has 1 aromatic heterocycles. The highest BCUT2D eigenvalue weighted by atomic mass is 35.5. The van der Waals surface area contributed by atoms with E-state index in [1.54, 1.807) is 6.92 Å². The van der Waals surface area contributed by atoms with E-state index in [2.05, 4.69) is 16.9 Å². The van der Waals surface area contributed by atoms with Gasteiger partial charge in [-0.15, -0.1) is 0 Å². The average Bonchev–Trinajstić information content (AvgIpc) is 2.23. The van der Waals surface area contributed by atoms with Crippen molar-refractivity contribution in [1.29, 1.82) is 0 Å². The predicted octanol–water partition coefficient (Wildman–Crippen LogP) is 1.23. The van der Waals surface area contributed by atoms with Crippen molar-refractivity contribution < 1.29 is 5.11 Å². The maximum Gasteiger partial charge on any atom is 0.224 e. The molecule has 0 amide bonds. The van der Waals surface area contributed by atoms with Gasteiger partial charge in [-0.3, -0.25) is 0 Å². The summed E-state index contributed by atoms with van der Waals surface area (Å²) < 4.78 is 0. The third-order valence-corrected chi connectivity index (χ3v) is 2.42. The Balaban J connectivity index is 3.07. The molecule has 0 unspecified atom stereocenters. The number of nitrogens with two attached hydrogens (primary N) is 1. The van der Waals surface area contributed by atoms with E-state index in [0.29, 0.717) is 23.7 Å². The monoisotopic (exact) mass is 244 g/mol. The van der Waals surface area contributed by atoms with Gasteiger partial charge in [-0.1, -0.05) is 6.92 Å². The molecular weight excluding hydrogens is 228 g/mol. The second kappa shape index (κ2) is 5.86. The highest BCUT2D eigenvalue weighted by Gasteiger charge is 2.14. The Kier molecular flexibility index (Phi) is 4.76. The van der Waals surface area contributed by atoms with Gasteiger partial charge in [0.1, 0.15) is 0 Å². The highest BCUT2D eigenvalue weighted by Crippen LogP contribution is 2.24. The number of nitrogen functional groups attached to an aromatic ring is 1. The topological polar surface area (TPSA) is 75.3 Å². The molecule has 1 aromatic rings. The van der Waals surface area contributed by atoms with Crippen molar-refractivity contribution in [3.63, 3.8) is 0 Å².